The maximum absolute atomic E-state index is 13.4. The van der Waals surface area contributed by atoms with Gasteiger partial charge >= 0.3 is 0 Å². The summed E-state index contributed by atoms with van der Waals surface area (Å²) in [7, 11) is 0. The lowest BCUT2D eigenvalue weighted by molar-refractivity contribution is -0.0000539. The van der Waals surface area contributed by atoms with E-state index in [4.69, 9.17) is 15.2 Å². The highest BCUT2D eigenvalue weighted by Crippen LogP contribution is 2.26. The monoisotopic (exact) mass is 739 g/mol. The van der Waals surface area contributed by atoms with Crippen LogP contribution in [0.4, 0.5) is 8.78 Å². The van der Waals surface area contributed by atoms with Crippen molar-refractivity contribution in [1.82, 2.24) is 4.90 Å². The molecule has 2 N–H and O–H groups in total. The summed E-state index contributed by atoms with van der Waals surface area (Å²) in [4.78, 5) is 50.1. The van der Waals surface area contributed by atoms with Crippen molar-refractivity contribution < 1.29 is 49.8 Å². The number of benzene rings is 3. The van der Waals surface area contributed by atoms with E-state index in [1.165, 1.54) is 0 Å². The molecule has 11 heteroatoms. The standard InChI is InChI=1S/C24H24FNO4.C16H22FNO2.CH4.ClH/c1-24(2,3)12-21(27)17-8-10-18(11-9-17)30-15-16(13-25)14-26-22(28)19-6-4-5-7-20(19)23(26)29;1-16(2,3)8-15(19)13-4-6-14(7-5-13)20-11-12(9-17)10-18;;/h4-11,13H,12,14-15H2,1-3H3;4-7,9H,8,10-11,18H2,1-3H3;1H4;1H/p-1/b16-13+;12-9+;;. The Bertz CT molecular complexity index is 1690. The van der Waals surface area contributed by atoms with Crippen molar-refractivity contribution in [2.75, 3.05) is 26.3 Å². The molecule has 0 bridgehead atoms. The Kier molecular flexibility index (Phi) is 17.8. The number of carbonyl (C=O) groups is 4. The van der Waals surface area contributed by atoms with Crippen molar-refractivity contribution >= 4 is 23.4 Å². The molecular weight excluding hydrogens is 690 g/mol. The Hall–Kier alpha value is -4.67. The number of hydrogen-bond donors (Lipinski definition) is 1. The van der Waals surface area contributed by atoms with Crippen molar-refractivity contribution in [3.8, 4) is 11.5 Å². The average molecular weight is 740 g/mol. The van der Waals surface area contributed by atoms with Crippen molar-refractivity contribution in [3.63, 3.8) is 0 Å². The SMILES string of the molecule is C.CC(C)(C)CC(=O)c1ccc(OC/C(=C/F)CN)cc1.CC(C)(C)CC(=O)c1ccc(OC/C(=C/F)CN2C(=O)c3ccccc3C2=O)cc1.[Cl-]. The highest BCUT2D eigenvalue weighted by atomic mass is 35.5. The first-order chi connectivity index (χ1) is 23.5. The Morgan fingerprint density at radius 1 is 0.673 bits per heavy atom. The van der Waals surface area contributed by atoms with Crippen LogP contribution in [0.15, 0.2) is 96.6 Å². The number of halogens is 3. The average Bonchev–Trinajstić information content (AvgIpc) is 3.31. The number of amides is 2. The summed E-state index contributed by atoms with van der Waals surface area (Å²) < 4.78 is 36.7. The molecule has 3 aromatic carbocycles. The number of fused-ring (bicyclic) bond motifs is 1. The minimum Gasteiger partial charge on any atom is -1.00 e. The number of imide groups is 1. The van der Waals surface area contributed by atoms with Gasteiger partial charge in [-0.15, -0.1) is 0 Å². The molecule has 0 spiro atoms. The number of carbonyl (C=O) groups excluding carboxylic acids is 4. The topological polar surface area (TPSA) is 116 Å². The predicted molar refractivity (Wildman–Crippen MR) is 197 cm³/mol. The van der Waals surface area contributed by atoms with Crippen molar-refractivity contribution in [2.24, 2.45) is 16.6 Å². The summed E-state index contributed by atoms with van der Waals surface area (Å²) in [6, 6.07) is 20.0. The zero-order chi connectivity index (χ0) is 37.1. The summed E-state index contributed by atoms with van der Waals surface area (Å²) in [6.07, 6.45) is 1.74. The normalized spacial score (nSPS) is 12.9. The second-order valence-corrected chi connectivity index (χ2v) is 14.4. The third-order valence-electron chi connectivity index (χ3n) is 7.39. The molecule has 0 saturated heterocycles. The Morgan fingerprint density at radius 2 is 1.04 bits per heavy atom. The van der Waals surface area contributed by atoms with Crippen LogP contribution in [-0.4, -0.2) is 54.6 Å². The van der Waals surface area contributed by atoms with Gasteiger partial charge in [-0.3, -0.25) is 24.1 Å². The fraction of sp³-hybridized carbons (Fsp3) is 0.366. The highest BCUT2D eigenvalue weighted by molar-refractivity contribution is 6.21. The molecule has 0 atom stereocenters. The van der Waals surface area contributed by atoms with E-state index in [-0.39, 0.29) is 74.1 Å². The summed E-state index contributed by atoms with van der Waals surface area (Å²) >= 11 is 0. The summed E-state index contributed by atoms with van der Waals surface area (Å²) in [5.74, 6) is 0.307. The molecule has 8 nitrogen and oxygen atoms in total. The van der Waals surface area contributed by atoms with Crippen LogP contribution in [0.5, 0.6) is 11.5 Å². The number of rotatable bonds is 13. The van der Waals surface area contributed by atoms with Crippen LogP contribution in [0.1, 0.15) is 103 Å². The first-order valence-electron chi connectivity index (χ1n) is 16.3. The van der Waals surface area contributed by atoms with E-state index >= 15 is 0 Å². The second-order valence-electron chi connectivity index (χ2n) is 14.4. The number of nitrogens with two attached hydrogens (primary N) is 1. The number of Topliss-reactive ketones (excluding diaryl/α,β-unsaturated/α-hetero) is 2. The van der Waals surface area contributed by atoms with Gasteiger partial charge in [0.2, 0.25) is 0 Å². The third-order valence-corrected chi connectivity index (χ3v) is 7.39. The lowest BCUT2D eigenvalue weighted by Crippen LogP contribution is -3.00. The minimum absolute atomic E-state index is 0. The molecule has 1 aliphatic rings. The van der Waals surface area contributed by atoms with Gasteiger partial charge in [0.1, 0.15) is 24.7 Å². The second kappa shape index (κ2) is 20.4. The number of ketones is 2. The summed E-state index contributed by atoms with van der Waals surface area (Å²) in [6.45, 7) is 12.0. The molecule has 0 unspecified atom stereocenters. The maximum Gasteiger partial charge on any atom is 0.261 e. The zero-order valence-corrected chi connectivity index (χ0v) is 30.7. The molecule has 0 aromatic heterocycles. The summed E-state index contributed by atoms with van der Waals surface area (Å²) in [5.41, 5.74) is 7.62. The van der Waals surface area contributed by atoms with E-state index in [2.05, 4.69) is 0 Å². The van der Waals surface area contributed by atoms with E-state index in [9.17, 15) is 28.0 Å². The van der Waals surface area contributed by atoms with Gasteiger partial charge in [-0.25, -0.2) is 8.78 Å². The molecule has 0 radical (unpaired) electrons. The van der Waals surface area contributed by atoms with Crippen LogP contribution in [0, 0.1) is 10.8 Å². The highest BCUT2D eigenvalue weighted by Gasteiger charge is 2.35. The lowest BCUT2D eigenvalue weighted by atomic mass is 9.88. The minimum atomic E-state index is -0.448. The molecule has 1 heterocycles. The van der Waals surface area contributed by atoms with Crippen molar-refractivity contribution in [1.29, 1.82) is 0 Å². The molecule has 3 aromatic rings. The van der Waals surface area contributed by atoms with Gasteiger partial charge in [0, 0.05) is 41.7 Å². The van der Waals surface area contributed by atoms with Gasteiger partial charge in [0.05, 0.1) is 30.3 Å². The fourth-order valence-electron chi connectivity index (χ4n) is 4.83. The van der Waals surface area contributed by atoms with Crippen molar-refractivity contribution in [2.45, 2.75) is 61.8 Å². The predicted octanol–water partition coefficient (Wildman–Crippen LogP) is 5.97. The van der Waals surface area contributed by atoms with E-state index < -0.39 is 11.8 Å². The Balaban J connectivity index is 0.000000541. The van der Waals surface area contributed by atoms with Gasteiger partial charge in [-0.2, -0.15) is 0 Å². The largest absolute Gasteiger partial charge is 1.00 e. The number of nitrogens with zero attached hydrogens (tertiary/aromatic N) is 1. The first kappa shape index (κ1) is 45.4. The zero-order valence-electron chi connectivity index (χ0n) is 29.9. The van der Waals surface area contributed by atoms with E-state index in [0.717, 1.165) is 4.90 Å². The molecule has 0 aliphatic carbocycles. The number of ether oxygens (including phenoxy) is 2. The van der Waals surface area contributed by atoms with Gasteiger partial charge in [0.25, 0.3) is 11.8 Å². The molecule has 2 amide bonds. The van der Waals surface area contributed by atoms with E-state index in [1.807, 2.05) is 41.5 Å². The molecule has 0 fully saturated rings. The van der Waals surface area contributed by atoms with Crippen LogP contribution in [-0.2, 0) is 0 Å². The lowest BCUT2D eigenvalue weighted by Gasteiger charge is -2.17. The molecular formula is C41H50ClF2N2O6-. The molecule has 1 aliphatic heterocycles. The van der Waals surface area contributed by atoms with Crippen LogP contribution in [0.3, 0.4) is 0 Å². The first-order valence-corrected chi connectivity index (χ1v) is 16.3. The smallest absolute Gasteiger partial charge is 0.261 e. The summed E-state index contributed by atoms with van der Waals surface area (Å²) in [5, 5.41) is 0. The molecule has 0 saturated carbocycles. The van der Waals surface area contributed by atoms with Gasteiger partial charge in [0.15, 0.2) is 11.6 Å². The Labute approximate surface area is 312 Å². The van der Waals surface area contributed by atoms with E-state index in [0.29, 0.717) is 64.8 Å². The number of hydrogen-bond acceptors (Lipinski definition) is 7. The quantitative estimate of drug-likeness (QED) is 0.170. The van der Waals surface area contributed by atoms with Crippen LogP contribution >= 0.6 is 0 Å². The van der Waals surface area contributed by atoms with Crippen molar-refractivity contribution in [3.05, 3.63) is 119 Å². The van der Waals surface area contributed by atoms with Crippen LogP contribution < -0.4 is 27.6 Å². The van der Waals surface area contributed by atoms with Crippen LogP contribution in [0.2, 0.25) is 0 Å². The molecule has 52 heavy (non-hydrogen) atoms. The van der Waals surface area contributed by atoms with Crippen LogP contribution in [0.25, 0.3) is 0 Å². The Morgan fingerprint density at radius 3 is 1.37 bits per heavy atom. The van der Waals surface area contributed by atoms with Gasteiger partial charge < -0.3 is 27.6 Å². The molecule has 4 rings (SSSR count). The fourth-order valence-corrected chi connectivity index (χ4v) is 4.83. The van der Waals surface area contributed by atoms with E-state index in [1.54, 1.807) is 72.8 Å². The maximum atomic E-state index is 13.4. The molecule has 282 valence electrons. The van der Waals surface area contributed by atoms with Gasteiger partial charge in [-0.1, -0.05) is 61.1 Å². The third kappa shape index (κ3) is 13.8. The van der Waals surface area contributed by atoms with Gasteiger partial charge in [-0.05, 0) is 71.5 Å².